The maximum atomic E-state index is 13.6. The summed E-state index contributed by atoms with van der Waals surface area (Å²) in [6, 6.07) is 20.4. The van der Waals surface area contributed by atoms with Crippen LogP contribution in [0.4, 0.5) is 5.82 Å². The Balaban J connectivity index is 1.49. The fourth-order valence-electron chi connectivity index (χ4n) is 4.25. The van der Waals surface area contributed by atoms with Gasteiger partial charge in [-0.15, -0.1) is 0 Å². The fraction of sp³-hybridized carbons (Fsp3) is 0.192. The number of pyridine rings is 2. The van der Waals surface area contributed by atoms with Crippen molar-refractivity contribution in [1.82, 2.24) is 14.5 Å². The van der Waals surface area contributed by atoms with Crippen LogP contribution in [-0.4, -0.2) is 53.6 Å². The molecule has 2 aromatic carbocycles. The van der Waals surface area contributed by atoms with Crippen molar-refractivity contribution in [3.63, 3.8) is 0 Å². The predicted octanol–water partition coefficient (Wildman–Crippen LogP) is 3.36. The number of methoxy groups -OCH3 is 1. The monoisotopic (exact) mass is 440 g/mol. The van der Waals surface area contributed by atoms with Crippen LogP contribution < -0.4 is 15.2 Å². The molecule has 7 heteroatoms. The molecule has 1 aliphatic rings. The van der Waals surface area contributed by atoms with Gasteiger partial charge in [0.2, 0.25) is 0 Å². The summed E-state index contributed by atoms with van der Waals surface area (Å²) in [6.45, 7) is 2.59. The van der Waals surface area contributed by atoms with Gasteiger partial charge in [0.15, 0.2) is 0 Å². The number of benzene rings is 2. The third-order valence-corrected chi connectivity index (χ3v) is 6.05. The molecule has 7 nitrogen and oxygen atoms in total. The second kappa shape index (κ2) is 8.78. The van der Waals surface area contributed by atoms with Crippen LogP contribution in [0.15, 0.2) is 83.9 Å². The number of carbonyl (C=O) groups excluding carboxylic acids is 1. The molecule has 0 N–H and O–H groups in total. The summed E-state index contributed by atoms with van der Waals surface area (Å²) < 4.78 is 6.77. The number of nitrogens with zero attached hydrogens (tertiary/aromatic N) is 4. The Morgan fingerprint density at radius 1 is 0.879 bits per heavy atom. The Morgan fingerprint density at radius 2 is 1.58 bits per heavy atom. The van der Waals surface area contributed by atoms with Crippen molar-refractivity contribution in [2.24, 2.45) is 0 Å². The number of aromatic nitrogens is 2. The largest absolute Gasteiger partial charge is 0.497 e. The molecule has 0 bridgehead atoms. The molecule has 5 rings (SSSR count). The lowest BCUT2D eigenvalue weighted by Crippen LogP contribution is -2.49. The first-order valence-electron chi connectivity index (χ1n) is 10.9. The lowest BCUT2D eigenvalue weighted by molar-refractivity contribution is 0.0748. The normalized spacial score (nSPS) is 13.8. The molecule has 0 unspecified atom stereocenters. The number of anilines is 1. The van der Waals surface area contributed by atoms with E-state index in [2.05, 4.69) is 9.88 Å². The number of hydrogen-bond acceptors (Lipinski definition) is 5. The van der Waals surface area contributed by atoms with Gasteiger partial charge >= 0.3 is 0 Å². The average Bonchev–Trinajstić information content (AvgIpc) is 2.89. The molecule has 166 valence electrons. The van der Waals surface area contributed by atoms with Gasteiger partial charge in [-0.05, 0) is 42.5 Å². The predicted molar refractivity (Wildman–Crippen MR) is 128 cm³/mol. The minimum absolute atomic E-state index is 0.0749. The summed E-state index contributed by atoms with van der Waals surface area (Å²) in [5.74, 6) is 1.55. The van der Waals surface area contributed by atoms with Gasteiger partial charge in [0.1, 0.15) is 11.6 Å². The molecule has 0 atom stereocenters. The van der Waals surface area contributed by atoms with E-state index in [1.165, 1.54) is 0 Å². The quantitative estimate of drug-likeness (QED) is 0.487. The third kappa shape index (κ3) is 3.93. The van der Waals surface area contributed by atoms with Crippen molar-refractivity contribution in [2.75, 3.05) is 38.2 Å². The van der Waals surface area contributed by atoms with E-state index in [4.69, 9.17) is 4.74 Å². The van der Waals surface area contributed by atoms with Crippen molar-refractivity contribution in [2.45, 2.75) is 0 Å². The minimum Gasteiger partial charge on any atom is -0.497 e. The van der Waals surface area contributed by atoms with E-state index in [0.717, 1.165) is 5.82 Å². The highest BCUT2D eigenvalue weighted by molar-refractivity contribution is 6.06. The molecule has 0 radical (unpaired) electrons. The van der Waals surface area contributed by atoms with Gasteiger partial charge in [0.25, 0.3) is 11.5 Å². The Labute approximate surface area is 191 Å². The van der Waals surface area contributed by atoms with E-state index >= 15 is 0 Å². The second-order valence-electron chi connectivity index (χ2n) is 7.93. The van der Waals surface area contributed by atoms with Crippen LogP contribution in [0.5, 0.6) is 5.75 Å². The molecule has 0 spiro atoms. The van der Waals surface area contributed by atoms with Crippen LogP contribution in [0, 0.1) is 0 Å². The summed E-state index contributed by atoms with van der Waals surface area (Å²) in [6.07, 6.45) is 3.45. The number of piperazine rings is 1. The van der Waals surface area contributed by atoms with Gasteiger partial charge in [-0.25, -0.2) is 4.98 Å². The Kier molecular flexibility index (Phi) is 5.52. The van der Waals surface area contributed by atoms with Crippen molar-refractivity contribution in [3.8, 4) is 11.4 Å². The van der Waals surface area contributed by atoms with Crippen molar-refractivity contribution < 1.29 is 9.53 Å². The summed E-state index contributed by atoms with van der Waals surface area (Å²) >= 11 is 0. The molecule has 0 saturated carbocycles. The van der Waals surface area contributed by atoms with Crippen molar-refractivity contribution >= 4 is 22.5 Å². The van der Waals surface area contributed by atoms with Gasteiger partial charge in [0, 0.05) is 55.0 Å². The summed E-state index contributed by atoms with van der Waals surface area (Å²) in [4.78, 5) is 35.3. The van der Waals surface area contributed by atoms with E-state index < -0.39 is 0 Å². The van der Waals surface area contributed by atoms with Crippen LogP contribution in [0.3, 0.4) is 0 Å². The lowest BCUT2D eigenvalue weighted by Gasteiger charge is -2.35. The third-order valence-electron chi connectivity index (χ3n) is 6.05. The van der Waals surface area contributed by atoms with Crippen LogP contribution in [0.2, 0.25) is 0 Å². The number of fused-ring (bicyclic) bond motifs is 1. The molecule has 0 aliphatic carbocycles. The second-order valence-corrected chi connectivity index (χ2v) is 7.93. The Hall–Kier alpha value is -4.13. The van der Waals surface area contributed by atoms with Gasteiger partial charge < -0.3 is 14.5 Å². The number of hydrogen-bond donors (Lipinski definition) is 0. The smallest absolute Gasteiger partial charge is 0.262 e. The number of carbonyl (C=O) groups is 1. The summed E-state index contributed by atoms with van der Waals surface area (Å²) in [5.41, 5.74) is 1.04. The highest BCUT2D eigenvalue weighted by Gasteiger charge is 2.25. The molecular formula is C26H24N4O3. The zero-order chi connectivity index (χ0) is 22.8. The zero-order valence-electron chi connectivity index (χ0n) is 18.3. The molecule has 33 heavy (non-hydrogen) atoms. The molecule has 3 heterocycles. The maximum absolute atomic E-state index is 13.6. The molecular weight excluding hydrogens is 416 g/mol. The van der Waals surface area contributed by atoms with E-state index in [1.54, 1.807) is 42.3 Å². The van der Waals surface area contributed by atoms with E-state index in [-0.39, 0.29) is 11.5 Å². The molecule has 1 saturated heterocycles. The average molecular weight is 441 g/mol. The Morgan fingerprint density at radius 3 is 2.24 bits per heavy atom. The van der Waals surface area contributed by atoms with Gasteiger partial charge in [0.05, 0.1) is 12.7 Å². The zero-order valence-corrected chi connectivity index (χ0v) is 18.3. The van der Waals surface area contributed by atoms with Gasteiger partial charge in [-0.3, -0.25) is 14.2 Å². The van der Waals surface area contributed by atoms with E-state index in [9.17, 15) is 9.59 Å². The topological polar surface area (TPSA) is 67.7 Å². The molecule has 1 amide bonds. The fourth-order valence-corrected chi connectivity index (χ4v) is 4.25. The highest BCUT2D eigenvalue weighted by atomic mass is 16.5. The van der Waals surface area contributed by atoms with Crippen LogP contribution >= 0.6 is 0 Å². The minimum atomic E-state index is -0.160. The lowest BCUT2D eigenvalue weighted by atomic mass is 10.1. The first kappa shape index (κ1) is 20.8. The van der Waals surface area contributed by atoms with Crippen LogP contribution in [0.25, 0.3) is 16.5 Å². The van der Waals surface area contributed by atoms with Gasteiger partial charge in [-0.2, -0.15) is 0 Å². The number of amides is 1. The first-order chi connectivity index (χ1) is 16.2. The number of rotatable bonds is 4. The first-order valence-corrected chi connectivity index (χ1v) is 10.9. The summed E-state index contributed by atoms with van der Waals surface area (Å²) in [7, 11) is 1.60. The maximum Gasteiger partial charge on any atom is 0.262 e. The molecule has 1 aliphatic heterocycles. The molecule has 1 fully saturated rings. The van der Waals surface area contributed by atoms with Crippen LogP contribution in [-0.2, 0) is 0 Å². The van der Waals surface area contributed by atoms with Crippen molar-refractivity contribution in [3.05, 3.63) is 95.0 Å². The highest BCUT2D eigenvalue weighted by Crippen LogP contribution is 2.22. The Bertz CT molecular complexity index is 1340. The molecule has 2 aromatic heterocycles. The van der Waals surface area contributed by atoms with Gasteiger partial charge in [-0.1, -0.05) is 24.3 Å². The standard InChI is InChI=1S/C26H24N4O3/c1-33-20-11-9-19(10-12-20)30-18-23(21-6-2-3-7-22(21)26(30)32)25(31)29-16-14-28(15-17-29)24-8-4-5-13-27-24/h2-13,18H,14-17H2,1H3. The van der Waals surface area contributed by atoms with E-state index in [1.807, 2.05) is 53.4 Å². The van der Waals surface area contributed by atoms with E-state index in [0.29, 0.717) is 54.0 Å². The molecule has 4 aromatic rings. The SMILES string of the molecule is COc1ccc(-n2cc(C(=O)N3CCN(c4ccccn4)CC3)c3ccccc3c2=O)cc1. The van der Waals surface area contributed by atoms with Crippen LogP contribution in [0.1, 0.15) is 10.4 Å². The number of ether oxygens (including phenoxy) is 1. The summed E-state index contributed by atoms with van der Waals surface area (Å²) in [5, 5.41) is 1.19. The van der Waals surface area contributed by atoms with Crippen molar-refractivity contribution in [1.29, 1.82) is 0 Å².